The number of carbonyl (C=O) groups is 2. The van der Waals surface area contributed by atoms with Gasteiger partial charge in [-0.05, 0) is 38.7 Å². The summed E-state index contributed by atoms with van der Waals surface area (Å²) in [4.78, 5) is 25.2. The fourth-order valence-electron chi connectivity index (χ4n) is 2.57. The summed E-state index contributed by atoms with van der Waals surface area (Å²) < 4.78 is 10.2. The average Bonchev–Trinajstić information content (AvgIpc) is 2.74. The number of ether oxygens (including phenoxy) is 2. The first-order valence-electron chi connectivity index (χ1n) is 6.84. The zero-order chi connectivity index (χ0) is 14.7. The van der Waals surface area contributed by atoms with Crippen molar-refractivity contribution in [1.29, 1.82) is 0 Å². The number of aryl methyl sites for hydroxylation is 1. The quantitative estimate of drug-likeness (QED) is 0.864. The van der Waals surface area contributed by atoms with Crippen molar-refractivity contribution >= 4 is 28.3 Å². The molecule has 1 aromatic heterocycles. The van der Waals surface area contributed by atoms with E-state index in [0.29, 0.717) is 23.6 Å². The minimum atomic E-state index is -0.446. The van der Waals surface area contributed by atoms with E-state index in [-0.39, 0.29) is 12.6 Å². The van der Waals surface area contributed by atoms with E-state index in [9.17, 15) is 9.59 Å². The van der Waals surface area contributed by atoms with Gasteiger partial charge in [0.15, 0.2) is 0 Å². The van der Waals surface area contributed by atoms with Gasteiger partial charge < -0.3 is 15.2 Å². The van der Waals surface area contributed by atoms with Gasteiger partial charge in [-0.25, -0.2) is 4.79 Å². The molecule has 0 fully saturated rings. The van der Waals surface area contributed by atoms with Crippen LogP contribution in [-0.2, 0) is 20.7 Å². The van der Waals surface area contributed by atoms with Crippen molar-refractivity contribution in [2.75, 3.05) is 18.9 Å². The number of rotatable bonds is 4. The zero-order valence-corrected chi connectivity index (χ0v) is 12.5. The summed E-state index contributed by atoms with van der Waals surface area (Å²) in [6, 6.07) is 0. The molecule has 2 N–H and O–H groups in total. The van der Waals surface area contributed by atoms with Crippen LogP contribution < -0.4 is 5.73 Å². The van der Waals surface area contributed by atoms with Crippen LogP contribution in [0.2, 0.25) is 0 Å². The van der Waals surface area contributed by atoms with Gasteiger partial charge in [0.25, 0.3) is 0 Å². The largest absolute Gasteiger partial charge is 0.466 e. The highest BCUT2D eigenvalue weighted by molar-refractivity contribution is 7.16. The molecular weight excluding hydrogens is 278 g/mol. The van der Waals surface area contributed by atoms with Gasteiger partial charge in [0.1, 0.15) is 5.00 Å². The zero-order valence-electron chi connectivity index (χ0n) is 11.7. The van der Waals surface area contributed by atoms with E-state index in [1.165, 1.54) is 11.3 Å². The molecule has 20 heavy (non-hydrogen) atoms. The Morgan fingerprint density at radius 3 is 2.65 bits per heavy atom. The Morgan fingerprint density at radius 1 is 1.30 bits per heavy atom. The Labute approximate surface area is 122 Å². The van der Waals surface area contributed by atoms with Crippen LogP contribution in [0.3, 0.4) is 0 Å². The summed E-state index contributed by atoms with van der Waals surface area (Å²) in [6.07, 6.45) is 2.44. The third-order valence-electron chi connectivity index (χ3n) is 3.35. The second-order valence-electron chi connectivity index (χ2n) is 4.60. The SMILES string of the molecule is CCOC(=O)c1c(N)sc2c1[C@@H](C(=O)OCC)CCC2. The Bertz CT molecular complexity index is 523. The monoisotopic (exact) mass is 297 g/mol. The number of thiophene rings is 1. The topological polar surface area (TPSA) is 78.6 Å². The smallest absolute Gasteiger partial charge is 0.341 e. The lowest BCUT2D eigenvalue weighted by atomic mass is 9.85. The molecule has 2 rings (SSSR count). The molecule has 0 aliphatic heterocycles. The number of hydrogen-bond acceptors (Lipinski definition) is 6. The highest BCUT2D eigenvalue weighted by atomic mass is 32.1. The van der Waals surface area contributed by atoms with E-state index in [2.05, 4.69) is 0 Å². The van der Waals surface area contributed by atoms with Gasteiger partial charge in [0.05, 0.1) is 24.7 Å². The third-order valence-corrected chi connectivity index (χ3v) is 4.44. The molecule has 6 heteroatoms. The predicted molar refractivity (Wildman–Crippen MR) is 77.0 cm³/mol. The first kappa shape index (κ1) is 14.8. The van der Waals surface area contributed by atoms with Gasteiger partial charge in [0.2, 0.25) is 0 Å². The number of nitrogen functional groups attached to an aromatic ring is 1. The minimum Gasteiger partial charge on any atom is -0.466 e. The molecule has 5 nitrogen and oxygen atoms in total. The van der Waals surface area contributed by atoms with Crippen LogP contribution in [0.15, 0.2) is 0 Å². The Hall–Kier alpha value is -1.56. The van der Waals surface area contributed by atoms with Crippen molar-refractivity contribution in [3.8, 4) is 0 Å². The van der Waals surface area contributed by atoms with Crippen LogP contribution in [0.1, 0.15) is 53.4 Å². The molecule has 1 aromatic rings. The number of esters is 2. The van der Waals surface area contributed by atoms with Crippen LogP contribution in [0.25, 0.3) is 0 Å². The van der Waals surface area contributed by atoms with Crippen LogP contribution in [0, 0.1) is 0 Å². The summed E-state index contributed by atoms with van der Waals surface area (Å²) in [7, 11) is 0. The van der Waals surface area contributed by atoms with Crippen molar-refractivity contribution in [3.05, 3.63) is 16.0 Å². The first-order chi connectivity index (χ1) is 9.60. The van der Waals surface area contributed by atoms with Crippen molar-refractivity contribution < 1.29 is 19.1 Å². The normalized spacial score (nSPS) is 17.4. The predicted octanol–water partition coefficient (Wildman–Crippen LogP) is 2.49. The van der Waals surface area contributed by atoms with E-state index >= 15 is 0 Å². The highest BCUT2D eigenvalue weighted by Gasteiger charge is 2.35. The van der Waals surface area contributed by atoms with Gasteiger partial charge >= 0.3 is 11.9 Å². The van der Waals surface area contributed by atoms with Crippen molar-refractivity contribution in [2.24, 2.45) is 0 Å². The fraction of sp³-hybridized carbons (Fsp3) is 0.571. The molecule has 1 aliphatic carbocycles. The van der Waals surface area contributed by atoms with Crippen LogP contribution in [-0.4, -0.2) is 25.2 Å². The standard InChI is InChI=1S/C14H19NO4S/c1-3-18-13(16)8-6-5-7-9-10(8)11(12(15)20-9)14(17)19-4-2/h8H,3-7,15H2,1-2H3/t8-/m0/s1. The molecule has 0 aromatic carbocycles. The van der Waals surface area contributed by atoms with Gasteiger partial charge in [-0.3, -0.25) is 4.79 Å². The fourth-order valence-corrected chi connectivity index (χ4v) is 3.73. The maximum atomic E-state index is 12.1. The van der Waals surface area contributed by atoms with Crippen LogP contribution in [0.4, 0.5) is 5.00 Å². The van der Waals surface area contributed by atoms with Gasteiger partial charge in [-0.2, -0.15) is 0 Å². The lowest BCUT2D eigenvalue weighted by Gasteiger charge is -2.22. The molecule has 0 spiro atoms. The summed E-state index contributed by atoms with van der Waals surface area (Å²) in [6.45, 7) is 4.14. The van der Waals surface area contributed by atoms with E-state index in [1.54, 1.807) is 13.8 Å². The van der Waals surface area contributed by atoms with E-state index in [1.807, 2.05) is 0 Å². The molecule has 0 unspecified atom stereocenters. The molecule has 1 atom stereocenters. The van der Waals surface area contributed by atoms with Crippen molar-refractivity contribution in [1.82, 2.24) is 0 Å². The van der Waals surface area contributed by atoms with Crippen LogP contribution in [0.5, 0.6) is 0 Å². The maximum absolute atomic E-state index is 12.1. The summed E-state index contributed by atoms with van der Waals surface area (Å²) in [5.74, 6) is -1.12. The highest BCUT2D eigenvalue weighted by Crippen LogP contribution is 2.43. The lowest BCUT2D eigenvalue weighted by molar-refractivity contribution is -0.145. The lowest BCUT2D eigenvalue weighted by Crippen LogP contribution is -2.22. The van der Waals surface area contributed by atoms with Crippen molar-refractivity contribution in [2.45, 2.75) is 39.0 Å². The molecule has 1 heterocycles. The molecule has 0 saturated carbocycles. The van der Waals surface area contributed by atoms with Crippen molar-refractivity contribution in [3.63, 3.8) is 0 Å². The minimum absolute atomic E-state index is 0.281. The molecule has 110 valence electrons. The van der Waals surface area contributed by atoms with Gasteiger partial charge in [0, 0.05) is 4.88 Å². The molecule has 0 radical (unpaired) electrons. The number of nitrogens with two attached hydrogens (primary N) is 1. The first-order valence-corrected chi connectivity index (χ1v) is 7.66. The summed E-state index contributed by atoms with van der Waals surface area (Å²) in [5.41, 5.74) is 7.05. The second-order valence-corrected chi connectivity index (χ2v) is 5.73. The second kappa shape index (κ2) is 6.26. The Morgan fingerprint density at radius 2 is 2.00 bits per heavy atom. The third kappa shape index (κ3) is 2.65. The Balaban J connectivity index is 2.43. The molecular formula is C14H19NO4S. The molecule has 1 aliphatic rings. The van der Waals surface area contributed by atoms with E-state index < -0.39 is 11.9 Å². The molecule has 0 bridgehead atoms. The van der Waals surface area contributed by atoms with Gasteiger partial charge in [-0.1, -0.05) is 0 Å². The van der Waals surface area contributed by atoms with Gasteiger partial charge in [-0.15, -0.1) is 11.3 Å². The number of anilines is 1. The Kier molecular flexibility index (Phi) is 4.65. The van der Waals surface area contributed by atoms with E-state index in [4.69, 9.17) is 15.2 Å². The number of fused-ring (bicyclic) bond motifs is 1. The van der Waals surface area contributed by atoms with E-state index in [0.717, 1.165) is 23.3 Å². The molecule has 0 saturated heterocycles. The average molecular weight is 297 g/mol. The maximum Gasteiger partial charge on any atom is 0.341 e. The van der Waals surface area contributed by atoms with Crippen LogP contribution >= 0.6 is 11.3 Å². The summed E-state index contributed by atoms with van der Waals surface area (Å²) in [5, 5.41) is 0.435. The number of carbonyl (C=O) groups excluding carboxylic acids is 2. The molecule has 0 amide bonds. The number of hydrogen-bond donors (Lipinski definition) is 1. The summed E-state index contributed by atoms with van der Waals surface area (Å²) >= 11 is 1.38.